The van der Waals surface area contributed by atoms with Crippen LogP contribution in [-0.2, 0) is 0 Å². The lowest BCUT2D eigenvalue weighted by atomic mass is 9.91. The largest absolute Gasteiger partial charge is 0.484 e. The van der Waals surface area contributed by atoms with Crippen LogP contribution in [0.25, 0.3) is 0 Å². The standard InChI is InChI=1S/C18H32N2O/c1-4-6-8-9-11-13-18(3,12-10-7-5-2)21-17-14-19-16-20-15-17/h14-16H,4-13H2,1-3H3. The van der Waals surface area contributed by atoms with Crippen LogP contribution < -0.4 is 4.74 Å². The molecule has 1 atom stereocenters. The molecule has 0 bridgehead atoms. The van der Waals surface area contributed by atoms with Gasteiger partial charge in [0, 0.05) is 0 Å². The summed E-state index contributed by atoms with van der Waals surface area (Å²) in [4.78, 5) is 8.10. The van der Waals surface area contributed by atoms with Crippen LogP contribution in [0.5, 0.6) is 5.75 Å². The van der Waals surface area contributed by atoms with Gasteiger partial charge in [-0.2, -0.15) is 0 Å². The van der Waals surface area contributed by atoms with Gasteiger partial charge in [0.25, 0.3) is 0 Å². The van der Waals surface area contributed by atoms with Gasteiger partial charge in [0.15, 0.2) is 5.75 Å². The van der Waals surface area contributed by atoms with Crippen LogP contribution in [0, 0.1) is 0 Å². The molecule has 21 heavy (non-hydrogen) atoms. The van der Waals surface area contributed by atoms with E-state index in [1.54, 1.807) is 18.7 Å². The Balaban J connectivity index is 2.48. The van der Waals surface area contributed by atoms with Gasteiger partial charge in [-0.3, -0.25) is 0 Å². The molecule has 0 fully saturated rings. The van der Waals surface area contributed by atoms with Crippen LogP contribution in [0.15, 0.2) is 18.7 Å². The average Bonchev–Trinajstić information content (AvgIpc) is 2.48. The molecular weight excluding hydrogens is 260 g/mol. The minimum atomic E-state index is -0.0773. The van der Waals surface area contributed by atoms with E-state index in [1.807, 2.05) is 0 Å². The topological polar surface area (TPSA) is 35.0 Å². The van der Waals surface area contributed by atoms with Crippen molar-refractivity contribution in [2.45, 2.75) is 90.6 Å². The molecule has 1 aromatic heterocycles. The van der Waals surface area contributed by atoms with E-state index >= 15 is 0 Å². The van der Waals surface area contributed by atoms with Crippen molar-refractivity contribution in [1.29, 1.82) is 0 Å². The molecule has 3 heteroatoms. The van der Waals surface area contributed by atoms with E-state index in [2.05, 4.69) is 30.7 Å². The summed E-state index contributed by atoms with van der Waals surface area (Å²) in [6, 6.07) is 0. The first-order valence-corrected chi connectivity index (χ1v) is 8.64. The van der Waals surface area contributed by atoms with Crippen molar-refractivity contribution in [2.24, 2.45) is 0 Å². The quantitative estimate of drug-likeness (QED) is 0.473. The molecule has 3 nitrogen and oxygen atoms in total. The molecule has 1 heterocycles. The molecule has 0 saturated carbocycles. The fourth-order valence-electron chi connectivity index (χ4n) is 2.70. The predicted octanol–water partition coefficient (Wildman–Crippen LogP) is 5.55. The molecule has 1 rings (SSSR count). The van der Waals surface area contributed by atoms with Gasteiger partial charge in [0.2, 0.25) is 0 Å². The first-order valence-electron chi connectivity index (χ1n) is 8.64. The second-order valence-electron chi connectivity index (χ2n) is 6.25. The monoisotopic (exact) mass is 292 g/mol. The van der Waals surface area contributed by atoms with E-state index in [1.165, 1.54) is 51.4 Å². The SMILES string of the molecule is CCCCCCCC(C)(CCCCC)Oc1cncnc1. The van der Waals surface area contributed by atoms with E-state index in [4.69, 9.17) is 4.74 Å². The van der Waals surface area contributed by atoms with Crippen LogP contribution >= 0.6 is 0 Å². The third kappa shape index (κ3) is 8.03. The van der Waals surface area contributed by atoms with Gasteiger partial charge in [-0.15, -0.1) is 0 Å². The third-order valence-electron chi connectivity index (χ3n) is 4.02. The molecule has 0 amide bonds. The summed E-state index contributed by atoms with van der Waals surface area (Å²) in [5.74, 6) is 0.796. The van der Waals surface area contributed by atoms with Crippen molar-refractivity contribution in [3.8, 4) is 5.75 Å². The molecule has 1 unspecified atom stereocenters. The van der Waals surface area contributed by atoms with Crippen LogP contribution in [0.1, 0.15) is 85.0 Å². The minimum Gasteiger partial charge on any atom is -0.484 e. The Bertz CT molecular complexity index is 355. The number of aromatic nitrogens is 2. The first kappa shape index (κ1) is 17.9. The normalized spacial score (nSPS) is 13.9. The van der Waals surface area contributed by atoms with Crippen molar-refractivity contribution < 1.29 is 4.74 Å². The Morgan fingerprint density at radius 2 is 1.38 bits per heavy atom. The lowest BCUT2D eigenvalue weighted by Gasteiger charge is -2.31. The highest BCUT2D eigenvalue weighted by molar-refractivity contribution is 5.11. The first-order chi connectivity index (χ1) is 10.2. The van der Waals surface area contributed by atoms with Crippen molar-refractivity contribution in [3.05, 3.63) is 18.7 Å². The summed E-state index contributed by atoms with van der Waals surface area (Å²) in [6.07, 6.45) is 17.6. The van der Waals surface area contributed by atoms with Gasteiger partial charge in [-0.05, 0) is 32.6 Å². The van der Waals surface area contributed by atoms with Gasteiger partial charge in [0.1, 0.15) is 11.9 Å². The van der Waals surface area contributed by atoms with Gasteiger partial charge >= 0.3 is 0 Å². The Labute approximate surface area is 130 Å². The number of ether oxygens (including phenoxy) is 1. The highest BCUT2D eigenvalue weighted by Crippen LogP contribution is 2.28. The molecule has 120 valence electrons. The molecule has 0 aliphatic heterocycles. The van der Waals surface area contributed by atoms with E-state index in [-0.39, 0.29) is 5.60 Å². The molecule has 0 spiro atoms. The van der Waals surface area contributed by atoms with Gasteiger partial charge in [0.05, 0.1) is 12.4 Å². The Morgan fingerprint density at radius 1 is 0.857 bits per heavy atom. The number of unbranched alkanes of at least 4 members (excludes halogenated alkanes) is 6. The maximum atomic E-state index is 6.23. The smallest absolute Gasteiger partial charge is 0.156 e. The summed E-state index contributed by atoms with van der Waals surface area (Å²) in [5, 5.41) is 0. The number of hydrogen-bond donors (Lipinski definition) is 0. The Hall–Kier alpha value is -1.12. The summed E-state index contributed by atoms with van der Waals surface area (Å²) >= 11 is 0. The molecule has 1 aromatic rings. The van der Waals surface area contributed by atoms with E-state index in [0.29, 0.717) is 0 Å². The van der Waals surface area contributed by atoms with Gasteiger partial charge in [-0.25, -0.2) is 9.97 Å². The summed E-state index contributed by atoms with van der Waals surface area (Å²) in [5.41, 5.74) is -0.0773. The summed E-state index contributed by atoms with van der Waals surface area (Å²) in [6.45, 7) is 6.75. The van der Waals surface area contributed by atoms with Crippen molar-refractivity contribution in [2.75, 3.05) is 0 Å². The summed E-state index contributed by atoms with van der Waals surface area (Å²) in [7, 11) is 0. The van der Waals surface area contributed by atoms with Crippen molar-refractivity contribution in [1.82, 2.24) is 9.97 Å². The second-order valence-corrected chi connectivity index (χ2v) is 6.25. The lowest BCUT2D eigenvalue weighted by molar-refractivity contribution is 0.0630. The molecule has 0 N–H and O–H groups in total. The number of nitrogens with zero attached hydrogens (tertiary/aromatic N) is 2. The number of hydrogen-bond acceptors (Lipinski definition) is 3. The lowest BCUT2D eigenvalue weighted by Crippen LogP contribution is -2.32. The van der Waals surface area contributed by atoms with Crippen LogP contribution in [-0.4, -0.2) is 15.6 Å². The van der Waals surface area contributed by atoms with E-state index < -0.39 is 0 Å². The van der Waals surface area contributed by atoms with Gasteiger partial charge in [-0.1, -0.05) is 52.4 Å². The zero-order valence-corrected chi connectivity index (χ0v) is 14.1. The molecule has 0 saturated heterocycles. The zero-order chi connectivity index (χ0) is 15.4. The third-order valence-corrected chi connectivity index (χ3v) is 4.02. The maximum absolute atomic E-state index is 6.23. The molecule has 0 radical (unpaired) electrons. The van der Waals surface area contributed by atoms with Crippen molar-refractivity contribution >= 4 is 0 Å². The Morgan fingerprint density at radius 3 is 2.00 bits per heavy atom. The Kier molecular flexibility index (Phi) is 9.04. The van der Waals surface area contributed by atoms with Crippen LogP contribution in [0.4, 0.5) is 0 Å². The fraction of sp³-hybridized carbons (Fsp3) is 0.778. The fourth-order valence-corrected chi connectivity index (χ4v) is 2.70. The minimum absolute atomic E-state index is 0.0773. The molecule has 0 aliphatic carbocycles. The van der Waals surface area contributed by atoms with Crippen LogP contribution in [0.2, 0.25) is 0 Å². The second kappa shape index (κ2) is 10.6. The van der Waals surface area contributed by atoms with E-state index in [0.717, 1.165) is 18.6 Å². The highest BCUT2D eigenvalue weighted by atomic mass is 16.5. The molecule has 0 aromatic carbocycles. The van der Waals surface area contributed by atoms with Crippen LogP contribution in [0.3, 0.4) is 0 Å². The zero-order valence-electron chi connectivity index (χ0n) is 14.1. The maximum Gasteiger partial charge on any atom is 0.156 e. The average molecular weight is 292 g/mol. The van der Waals surface area contributed by atoms with Crippen molar-refractivity contribution in [3.63, 3.8) is 0 Å². The number of rotatable bonds is 12. The summed E-state index contributed by atoms with van der Waals surface area (Å²) < 4.78 is 6.23. The van der Waals surface area contributed by atoms with Gasteiger partial charge < -0.3 is 4.74 Å². The van der Waals surface area contributed by atoms with E-state index in [9.17, 15) is 0 Å². The predicted molar refractivity (Wildman–Crippen MR) is 88.6 cm³/mol. The molecular formula is C18H32N2O. The highest BCUT2D eigenvalue weighted by Gasteiger charge is 2.25. The molecule has 0 aliphatic rings.